The third-order valence-corrected chi connectivity index (χ3v) is 4.12. The minimum atomic E-state index is 0.706. The lowest BCUT2D eigenvalue weighted by molar-refractivity contribution is -0.660. The highest BCUT2D eigenvalue weighted by molar-refractivity contribution is 6.04. The van der Waals surface area contributed by atoms with Gasteiger partial charge in [0.2, 0.25) is 11.4 Å². The number of furan rings is 1. The number of fused-ring (bicyclic) bond motifs is 3. The Morgan fingerprint density at radius 2 is 1.82 bits per heavy atom. The van der Waals surface area contributed by atoms with Crippen molar-refractivity contribution >= 4 is 22.1 Å². The van der Waals surface area contributed by atoms with Gasteiger partial charge < -0.3 is 4.42 Å². The summed E-state index contributed by atoms with van der Waals surface area (Å²) < 4.78 is 8.00. The Balaban J connectivity index is 2.05. The van der Waals surface area contributed by atoms with E-state index in [0.717, 1.165) is 33.3 Å². The number of hydrogen-bond donors (Lipinski definition) is 0. The molecule has 0 bridgehead atoms. The minimum absolute atomic E-state index is 0.706. The molecule has 0 aliphatic rings. The molecule has 3 heterocycles. The van der Waals surface area contributed by atoms with Crippen molar-refractivity contribution < 1.29 is 8.98 Å². The fourth-order valence-corrected chi connectivity index (χ4v) is 3.02. The van der Waals surface area contributed by atoms with Gasteiger partial charge in [0.15, 0.2) is 6.20 Å². The van der Waals surface area contributed by atoms with Gasteiger partial charge in [-0.2, -0.15) is 0 Å². The van der Waals surface area contributed by atoms with E-state index in [4.69, 9.17) is 4.42 Å². The first kappa shape index (κ1) is 13.0. The van der Waals surface area contributed by atoms with Gasteiger partial charge in [-0.3, -0.25) is 0 Å². The highest BCUT2D eigenvalue weighted by Gasteiger charge is 2.17. The quantitative estimate of drug-likeness (QED) is 0.494. The van der Waals surface area contributed by atoms with Gasteiger partial charge in [-0.1, -0.05) is 18.2 Å². The van der Waals surface area contributed by atoms with Gasteiger partial charge >= 0.3 is 0 Å². The molecular weight excluding hydrogens is 272 g/mol. The normalized spacial score (nSPS) is 11.4. The number of hydrogen-bond acceptors (Lipinski definition) is 2. The number of pyridine rings is 2. The highest BCUT2D eigenvalue weighted by atomic mass is 16.3. The Labute approximate surface area is 128 Å². The van der Waals surface area contributed by atoms with Crippen LogP contribution in [0.2, 0.25) is 0 Å². The molecule has 1 aromatic carbocycles. The van der Waals surface area contributed by atoms with Gasteiger partial charge in [-0.15, -0.1) is 0 Å². The van der Waals surface area contributed by atoms with Crippen LogP contribution in [-0.4, -0.2) is 4.98 Å². The number of rotatable bonds is 1. The Morgan fingerprint density at radius 1 is 1.00 bits per heavy atom. The molecule has 0 unspecified atom stereocenters. The molecule has 0 saturated carbocycles. The summed E-state index contributed by atoms with van der Waals surface area (Å²) >= 11 is 0. The molecule has 108 valence electrons. The Morgan fingerprint density at radius 3 is 2.64 bits per heavy atom. The van der Waals surface area contributed by atoms with Crippen LogP contribution in [0.4, 0.5) is 0 Å². The van der Waals surface area contributed by atoms with Crippen molar-refractivity contribution in [2.45, 2.75) is 13.8 Å². The second kappa shape index (κ2) is 4.67. The average molecular weight is 289 g/mol. The second-order valence-electron chi connectivity index (χ2n) is 5.77. The van der Waals surface area contributed by atoms with Gasteiger partial charge in [-0.25, -0.2) is 9.55 Å². The van der Waals surface area contributed by atoms with Crippen LogP contribution in [0.5, 0.6) is 0 Å². The molecule has 0 spiro atoms. The standard InChI is InChI=1S/C19H17N2O/c1-12-8-9-17(21(3)11-12)15-10-16-14-6-4-5-7-18(14)22-19(16)20-13(15)2/h4-11H,1-3H3/q+1. The molecule has 3 heteroatoms. The SMILES string of the molecule is Cc1ccc(-c2cc3c(nc2C)oc2ccccc23)[n+](C)c1. The lowest BCUT2D eigenvalue weighted by Gasteiger charge is -2.04. The van der Waals surface area contributed by atoms with E-state index in [9.17, 15) is 0 Å². The predicted molar refractivity (Wildman–Crippen MR) is 87.6 cm³/mol. The Kier molecular flexibility index (Phi) is 2.76. The zero-order chi connectivity index (χ0) is 15.3. The molecule has 0 fully saturated rings. The molecule has 3 nitrogen and oxygen atoms in total. The van der Waals surface area contributed by atoms with Gasteiger partial charge in [0, 0.05) is 22.4 Å². The monoisotopic (exact) mass is 289 g/mol. The number of benzene rings is 1. The van der Waals surface area contributed by atoms with Crippen molar-refractivity contribution in [3.05, 3.63) is 59.9 Å². The lowest BCUT2D eigenvalue weighted by Crippen LogP contribution is -2.31. The largest absolute Gasteiger partial charge is 0.438 e. The summed E-state index contributed by atoms with van der Waals surface area (Å²) in [5.74, 6) is 0. The summed E-state index contributed by atoms with van der Waals surface area (Å²) in [6, 6.07) is 14.5. The van der Waals surface area contributed by atoms with E-state index < -0.39 is 0 Å². The maximum atomic E-state index is 5.86. The van der Waals surface area contributed by atoms with E-state index in [0.29, 0.717) is 5.71 Å². The number of nitrogens with zero attached hydrogens (tertiary/aromatic N) is 2. The van der Waals surface area contributed by atoms with E-state index in [1.807, 2.05) is 25.1 Å². The van der Waals surface area contributed by atoms with Crippen LogP contribution in [0.3, 0.4) is 0 Å². The topological polar surface area (TPSA) is 29.9 Å². The maximum absolute atomic E-state index is 5.86. The molecule has 4 rings (SSSR count). The summed E-state index contributed by atoms with van der Waals surface area (Å²) in [6.45, 7) is 4.13. The third kappa shape index (κ3) is 1.90. The zero-order valence-corrected chi connectivity index (χ0v) is 12.9. The second-order valence-corrected chi connectivity index (χ2v) is 5.77. The fourth-order valence-electron chi connectivity index (χ4n) is 3.02. The third-order valence-electron chi connectivity index (χ3n) is 4.12. The van der Waals surface area contributed by atoms with Crippen molar-refractivity contribution in [3.63, 3.8) is 0 Å². The summed E-state index contributed by atoms with van der Waals surface area (Å²) in [5, 5.41) is 2.18. The van der Waals surface area contributed by atoms with E-state index in [2.05, 4.69) is 54.0 Å². The number of aromatic nitrogens is 2. The molecule has 0 amide bonds. The smallest absolute Gasteiger partial charge is 0.227 e. The first-order valence-corrected chi connectivity index (χ1v) is 7.39. The molecule has 3 aromatic heterocycles. The van der Waals surface area contributed by atoms with Gasteiger partial charge in [0.05, 0.1) is 11.3 Å². The van der Waals surface area contributed by atoms with Crippen LogP contribution in [0.15, 0.2) is 53.1 Å². The molecule has 0 N–H and O–H groups in total. The molecule has 0 radical (unpaired) electrons. The Hall–Kier alpha value is -2.68. The minimum Gasteiger partial charge on any atom is -0.438 e. The molecule has 22 heavy (non-hydrogen) atoms. The van der Waals surface area contributed by atoms with Crippen molar-refractivity contribution in [1.29, 1.82) is 0 Å². The highest BCUT2D eigenvalue weighted by Crippen LogP contribution is 2.31. The molecule has 0 aliphatic carbocycles. The van der Waals surface area contributed by atoms with Crippen LogP contribution in [0.25, 0.3) is 33.3 Å². The van der Waals surface area contributed by atoms with Crippen LogP contribution in [-0.2, 0) is 7.05 Å². The molecule has 4 aromatic rings. The first-order chi connectivity index (χ1) is 10.6. The van der Waals surface area contributed by atoms with E-state index >= 15 is 0 Å². The van der Waals surface area contributed by atoms with Crippen LogP contribution >= 0.6 is 0 Å². The number of para-hydroxylation sites is 1. The van der Waals surface area contributed by atoms with Crippen molar-refractivity contribution in [1.82, 2.24) is 4.98 Å². The van der Waals surface area contributed by atoms with E-state index in [1.54, 1.807) is 0 Å². The van der Waals surface area contributed by atoms with Gasteiger partial charge in [0.1, 0.15) is 12.6 Å². The fraction of sp³-hybridized carbons (Fsp3) is 0.158. The van der Waals surface area contributed by atoms with Crippen molar-refractivity contribution in [2.75, 3.05) is 0 Å². The molecule has 0 aliphatic heterocycles. The van der Waals surface area contributed by atoms with Crippen LogP contribution < -0.4 is 4.57 Å². The van der Waals surface area contributed by atoms with Gasteiger partial charge in [-0.05, 0) is 32.0 Å². The lowest BCUT2D eigenvalue weighted by atomic mass is 10.1. The van der Waals surface area contributed by atoms with Crippen molar-refractivity contribution in [3.8, 4) is 11.3 Å². The Bertz CT molecular complexity index is 1010. The predicted octanol–water partition coefficient (Wildman–Crippen LogP) is 4.09. The van der Waals surface area contributed by atoms with Crippen LogP contribution in [0, 0.1) is 13.8 Å². The van der Waals surface area contributed by atoms with E-state index in [1.165, 1.54) is 5.56 Å². The summed E-state index contributed by atoms with van der Waals surface area (Å²) in [7, 11) is 2.07. The zero-order valence-electron chi connectivity index (χ0n) is 12.9. The summed E-state index contributed by atoms with van der Waals surface area (Å²) in [5.41, 5.74) is 6.11. The number of aryl methyl sites for hydroxylation is 3. The van der Waals surface area contributed by atoms with Crippen molar-refractivity contribution in [2.24, 2.45) is 7.05 Å². The molecule has 0 atom stereocenters. The molecular formula is C19H17N2O+. The first-order valence-electron chi connectivity index (χ1n) is 7.39. The maximum Gasteiger partial charge on any atom is 0.227 e. The summed E-state index contributed by atoms with van der Waals surface area (Å²) in [4.78, 5) is 4.67. The average Bonchev–Trinajstić information content (AvgIpc) is 2.84. The van der Waals surface area contributed by atoms with Crippen LogP contribution in [0.1, 0.15) is 11.3 Å². The summed E-state index contributed by atoms with van der Waals surface area (Å²) in [6.07, 6.45) is 2.13. The molecule has 0 saturated heterocycles. The van der Waals surface area contributed by atoms with Gasteiger partial charge in [0.25, 0.3) is 0 Å². The van der Waals surface area contributed by atoms with E-state index in [-0.39, 0.29) is 0 Å².